The van der Waals surface area contributed by atoms with Gasteiger partial charge in [-0.1, -0.05) is 11.6 Å². The molecule has 7 heteroatoms. The molecule has 1 aliphatic rings. The quantitative estimate of drug-likeness (QED) is 0.813. The molecule has 3 rings (SSSR count). The van der Waals surface area contributed by atoms with Crippen molar-refractivity contribution in [1.82, 2.24) is 9.71 Å². The van der Waals surface area contributed by atoms with Crippen LogP contribution in [0, 0.1) is 0 Å². The first-order valence-corrected chi connectivity index (χ1v) is 9.84. The van der Waals surface area contributed by atoms with Crippen molar-refractivity contribution in [3.05, 3.63) is 46.7 Å². The SMILES string of the molecule is CC[S+]([O-])NCc1cncc(-c2cc(Cl)c3c(c2)CCC(=O)N3C)c1. The van der Waals surface area contributed by atoms with Crippen LogP contribution in [-0.4, -0.2) is 28.2 Å². The molecule has 0 spiro atoms. The highest BCUT2D eigenvalue weighted by Gasteiger charge is 2.24. The van der Waals surface area contributed by atoms with Gasteiger partial charge in [0.15, 0.2) is 0 Å². The summed E-state index contributed by atoms with van der Waals surface area (Å²) in [5, 5.41) is 0.568. The molecule has 25 heavy (non-hydrogen) atoms. The third kappa shape index (κ3) is 3.98. The third-order valence-electron chi connectivity index (χ3n) is 4.29. The van der Waals surface area contributed by atoms with Crippen LogP contribution in [-0.2, 0) is 29.1 Å². The van der Waals surface area contributed by atoms with Crippen LogP contribution < -0.4 is 9.62 Å². The van der Waals surface area contributed by atoms with Gasteiger partial charge in [0, 0.05) is 42.8 Å². The fraction of sp³-hybridized carbons (Fsp3) is 0.333. The Morgan fingerprint density at radius 2 is 2.08 bits per heavy atom. The van der Waals surface area contributed by atoms with Gasteiger partial charge in [-0.3, -0.25) is 9.78 Å². The van der Waals surface area contributed by atoms with Crippen molar-refractivity contribution in [3.8, 4) is 11.1 Å². The molecule has 2 aromatic rings. The number of carbonyl (C=O) groups is 1. The number of aromatic nitrogens is 1. The Balaban J connectivity index is 1.90. The Morgan fingerprint density at radius 1 is 1.28 bits per heavy atom. The van der Waals surface area contributed by atoms with Crippen LogP contribution in [0.1, 0.15) is 24.5 Å². The molecule has 1 atom stereocenters. The number of hydrogen-bond donors (Lipinski definition) is 1. The number of hydrogen-bond acceptors (Lipinski definition) is 4. The first-order valence-electron chi connectivity index (χ1n) is 8.14. The van der Waals surface area contributed by atoms with Crippen molar-refractivity contribution in [2.45, 2.75) is 26.3 Å². The predicted octanol–water partition coefficient (Wildman–Crippen LogP) is 3.08. The van der Waals surface area contributed by atoms with Gasteiger partial charge < -0.3 is 9.45 Å². The molecule has 1 aromatic carbocycles. The standard InChI is InChI=1S/C18H20ClN3O2S/c1-3-25(24)21-10-12-6-15(11-20-9-12)14-7-13-4-5-17(23)22(2)18(13)16(19)8-14/h6-9,11,21H,3-5,10H2,1-2H3. The van der Waals surface area contributed by atoms with Gasteiger partial charge in [0.1, 0.15) is 5.75 Å². The molecule has 0 saturated carbocycles. The highest BCUT2D eigenvalue weighted by molar-refractivity contribution is 7.89. The topological polar surface area (TPSA) is 68.3 Å². The summed E-state index contributed by atoms with van der Waals surface area (Å²) >= 11 is 5.42. The van der Waals surface area contributed by atoms with Gasteiger partial charge >= 0.3 is 0 Å². The van der Waals surface area contributed by atoms with Crippen LogP contribution in [0.3, 0.4) is 0 Å². The Morgan fingerprint density at radius 3 is 2.84 bits per heavy atom. The van der Waals surface area contributed by atoms with Gasteiger partial charge in [-0.2, -0.15) is 0 Å². The number of amides is 1. The smallest absolute Gasteiger partial charge is 0.227 e. The number of fused-ring (bicyclic) bond motifs is 1. The van der Waals surface area contributed by atoms with Crippen LogP contribution in [0.15, 0.2) is 30.6 Å². The Bertz CT molecular complexity index is 800. The zero-order valence-electron chi connectivity index (χ0n) is 14.2. The van der Waals surface area contributed by atoms with E-state index in [4.69, 9.17) is 11.6 Å². The maximum absolute atomic E-state index is 11.9. The van der Waals surface area contributed by atoms with Crippen LogP contribution in [0.25, 0.3) is 11.1 Å². The third-order valence-corrected chi connectivity index (χ3v) is 5.57. The average molecular weight is 378 g/mol. The van der Waals surface area contributed by atoms with Gasteiger partial charge in [-0.15, -0.1) is 4.72 Å². The van der Waals surface area contributed by atoms with Crippen molar-refractivity contribution >= 4 is 34.6 Å². The lowest BCUT2D eigenvalue weighted by molar-refractivity contribution is -0.118. The molecule has 1 amide bonds. The number of nitrogens with one attached hydrogen (secondary N) is 1. The van der Waals surface area contributed by atoms with E-state index in [0.717, 1.165) is 27.9 Å². The van der Waals surface area contributed by atoms with E-state index in [9.17, 15) is 9.35 Å². The number of pyridine rings is 1. The van der Waals surface area contributed by atoms with Crippen LogP contribution in [0.2, 0.25) is 5.02 Å². The van der Waals surface area contributed by atoms with Gasteiger partial charge in [-0.05, 0) is 48.2 Å². The monoisotopic (exact) mass is 377 g/mol. The van der Waals surface area contributed by atoms with E-state index >= 15 is 0 Å². The van der Waals surface area contributed by atoms with E-state index in [2.05, 4.69) is 15.8 Å². The molecule has 1 aromatic heterocycles. The summed E-state index contributed by atoms with van der Waals surface area (Å²) in [6.07, 6.45) is 4.73. The Kier molecular flexibility index (Phi) is 5.64. The van der Waals surface area contributed by atoms with E-state index in [1.807, 2.05) is 19.1 Å². The van der Waals surface area contributed by atoms with Crippen LogP contribution in [0.4, 0.5) is 5.69 Å². The van der Waals surface area contributed by atoms with Crippen LogP contribution >= 0.6 is 11.6 Å². The maximum atomic E-state index is 11.9. The summed E-state index contributed by atoms with van der Waals surface area (Å²) in [4.78, 5) is 17.8. The van der Waals surface area contributed by atoms with Gasteiger partial charge in [0.25, 0.3) is 0 Å². The number of rotatable bonds is 5. The Hall–Kier alpha value is -1.60. The van der Waals surface area contributed by atoms with E-state index in [-0.39, 0.29) is 5.91 Å². The first-order chi connectivity index (χ1) is 12.0. The second-order valence-electron chi connectivity index (χ2n) is 5.96. The summed E-state index contributed by atoms with van der Waals surface area (Å²) in [5.74, 6) is 0.653. The zero-order valence-corrected chi connectivity index (χ0v) is 15.8. The molecule has 0 bridgehead atoms. The predicted molar refractivity (Wildman–Crippen MR) is 102 cm³/mol. The second-order valence-corrected chi connectivity index (χ2v) is 7.92. The van der Waals surface area contributed by atoms with Crippen molar-refractivity contribution in [2.75, 3.05) is 17.7 Å². The lowest BCUT2D eigenvalue weighted by Gasteiger charge is -2.27. The molecule has 1 unspecified atom stereocenters. The van der Waals surface area contributed by atoms with E-state index in [1.54, 1.807) is 24.3 Å². The van der Waals surface area contributed by atoms with Crippen molar-refractivity contribution in [2.24, 2.45) is 0 Å². The number of benzene rings is 1. The minimum atomic E-state index is -1.03. The molecular weight excluding hydrogens is 358 g/mol. The first kappa shape index (κ1) is 18.2. The lowest BCUT2D eigenvalue weighted by atomic mass is 9.96. The molecule has 2 heterocycles. The van der Waals surface area contributed by atoms with Gasteiger partial charge in [-0.25, -0.2) is 0 Å². The van der Waals surface area contributed by atoms with E-state index in [1.165, 1.54) is 0 Å². The molecule has 0 aliphatic carbocycles. The van der Waals surface area contributed by atoms with Crippen molar-refractivity contribution in [1.29, 1.82) is 0 Å². The summed E-state index contributed by atoms with van der Waals surface area (Å²) in [5.41, 5.74) is 4.75. The number of nitrogens with zero attached hydrogens (tertiary/aromatic N) is 2. The normalized spacial score (nSPS) is 15.2. The van der Waals surface area contributed by atoms with Gasteiger partial charge in [0.05, 0.1) is 17.3 Å². The number of carbonyl (C=O) groups excluding carboxylic acids is 1. The van der Waals surface area contributed by atoms with Crippen molar-refractivity contribution < 1.29 is 9.35 Å². The summed E-state index contributed by atoms with van der Waals surface area (Å²) in [6, 6.07) is 5.96. The lowest BCUT2D eigenvalue weighted by Crippen LogP contribution is -2.31. The van der Waals surface area contributed by atoms with Crippen molar-refractivity contribution in [3.63, 3.8) is 0 Å². The molecule has 5 nitrogen and oxygen atoms in total. The van der Waals surface area contributed by atoms with Gasteiger partial charge in [0.2, 0.25) is 5.91 Å². The molecular formula is C18H20ClN3O2S. The summed E-state index contributed by atoms with van der Waals surface area (Å²) < 4.78 is 14.5. The highest BCUT2D eigenvalue weighted by Crippen LogP contribution is 2.37. The molecule has 132 valence electrons. The minimum Gasteiger partial charge on any atom is -0.598 e. The van der Waals surface area contributed by atoms with Crippen LogP contribution in [0.5, 0.6) is 0 Å². The molecule has 0 fully saturated rings. The Labute approximate surface area is 155 Å². The summed E-state index contributed by atoms with van der Waals surface area (Å²) in [6.45, 7) is 2.37. The fourth-order valence-corrected chi connectivity index (χ4v) is 3.83. The highest BCUT2D eigenvalue weighted by atomic mass is 35.5. The van der Waals surface area contributed by atoms with E-state index in [0.29, 0.717) is 30.2 Å². The molecule has 1 N–H and O–H groups in total. The number of halogens is 1. The number of anilines is 1. The van der Waals surface area contributed by atoms with E-state index < -0.39 is 11.4 Å². The second kappa shape index (κ2) is 7.74. The zero-order chi connectivity index (χ0) is 18.0. The molecule has 0 saturated heterocycles. The largest absolute Gasteiger partial charge is 0.598 e. The summed E-state index contributed by atoms with van der Waals surface area (Å²) in [7, 11) is 1.76. The minimum absolute atomic E-state index is 0.0841. The number of aryl methyl sites for hydroxylation is 1. The maximum Gasteiger partial charge on any atom is 0.227 e. The average Bonchev–Trinajstić information content (AvgIpc) is 2.62. The fourth-order valence-electron chi connectivity index (χ4n) is 2.93. The molecule has 0 radical (unpaired) electrons. The molecule has 1 aliphatic heterocycles.